The third-order valence-corrected chi connectivity index (χ3v) is 4.18. The highest BCUT2D eigenvalue weighted by Gasteiger charge is 2.23. The molecule has 1 saturated heterocycles. The number of carbonyl (C=O) groups excluding carboxylic acids is 1. The second-order valence-electron chi connectivity index (χ2n) is 5.82. The van der Waals surface area contributed by atoms with Gasteiger partial charge >= 0.3 is 5.97 Å². The summed E-state index contributed by atoms with van der Waals surface area (Å²) in [5.41, 5.74) is 2.27. The standard InChI is InChI=1S/C17H21ClN2O3/c1-3-7-23-17(21)12-4-5-14-15(9-12)20(10-13-6-8-22-13)16(19-14)11(2)18/h4-5,9,11,13H,3,6-8,10H2,1-2H3. The second kappa shape index (κ2) is 6.89. The van der Waals surface area contributed by atoms with Crippen molar-refractivity contribution in [2.24, 2.45) is 0 Å². The van der Waals surface area contributed by atoms with Crippen LogP contribution in [0.15, 0.2) is 18.2 Å². The fourth-order valence-electron chi connectivity index (χ4n) is 2.67. The molecular weight excluding hydrogens is 316 g/mol. The molecule has 0 spiro atoms. The summed E-state index contributed by atoms with van der Waals surface area (Å²) in [6.45, 7) is 5.81. The summed E-state index contributed by atoms with van der Waals surface area (Å²) in [5, 5.41) is -0.210. The Kier molecular flexibility index (Phi) is 4.87. The Bertz CT molecular complexity index is 707. The topological polar surface area (TPSA) is 53.3 Å². The van der Waals surface area contributed by atoms with E-state index < -0.39 is 0 Å². The highest BCUT2D eigenvalue weighted by atomic mass is 35.5. The summed E-state index contributed by atoms with van der Waals surface area (Å²) < 4.78 is 12.8. The third-order valence-electron chi connectivity index (χ3n) is 3.99. The molecule has 0 aliphatic carbocycles. The van der Waals surface area contributed by atoms with Gasteiger partial charge in [0.2, 0.25) is 0 Å². The first-order valence-corrected chi connectivity index (χ1v) is 8.46. The van der Waals surface area contributed by atoms with Gasteiger partial charge < -0.3 is 14.0 Å². The van der Waals surface area contributed by atoms with Gasteiger partial charge in [0.05, 0.1) is 41.2 Å². The van der Waals surface area contributed by atoms with Crippen molar-refractivity contribution >= 4 is 28.6 Å². The van der Waals surface area contributed by atoms with Crippen LogP contribution in [0.5, 0.6) is 0 Å². The van der Waals surface area contributed by atoms with Crippen LogP contribution in [0.25, 0.3) is 11.0 Å². The first-order chi connectivity index (χ1) is 11.1. The maximum atomic E-state index is 12.1. The van der Waals surface area contributed by atoms with Gasteiger partial charge in [0.1, 0.15) is 5.82 Å². The smallest absolute Gasteiger partial charge is 0.338 e. The van der Waals surface area contributed by atoms with Gasteiger partial charge in [-0.25, -0.2) is 9.78 Å². The Morgan fingerprint density at radius 3 is 2.96 bits per heavy atom. The largest absolute Gasteiger partial charge is 0.462 e. The molecule has 1 fully saturated rings. The molecule has 1 aliphatic rings. The number of benzene rings is 1. The zero-order valence-corrected chi connectivity index (χ0v) is 14.2. The van der Waals surface area contributed by atoms with E-state index in [1.54, 1.807) is 6.07 Å². The summed E-state index contributed by atoms with van der Waals surface area (Å²) in [4.78, 5) is 16.7. The number of rotatable bonds is 6. The van der Waals surface area contributed by atoms with Crippen molar-refractivity contribution in [2.45, 2.75) is 44.7 Å². The fourth-order valence-corrected chi connectivity index (χ4v) is 2.84. The van der Waals surface area contributed by atoms with Crippen LogP contribution in [0.1, 0.15) is 48.2 Å². The van der Waals surface area contributed by atoms with E-state index in [0.717, 1.165) is 36.3 Å². The minimum Gasteiger partial charge on any atom is -0.462 e. The first-order valence-electron chi connectivity index (χ1n) is 8.03. The molecular formula is C17H21ClN2O3. The normalized spacial score (nSPS) is 18.7. The predicted octanol–water partition coefficient (Wildman–Crippen LogP) is 3.69. The Hall–Kier alpha value is -1.59. The monoisotopic (exact) mass is 336 g/mol. The highest BCUT2D eigenvalue weighted by molar-refractivity contribution is 6.20. The number of ether oxygens (including phenoxy) is 2. The molecule has 124 valence electrons. The van der Waals surface area contributed by atoms with Crippen molar-refractivity contribution in [3.8, 4) is 0 Å². The summed E-state index contributed by atoms with van der Waals surface area (Å²) in [5.74, 6) is 0.498. The molecule has 3 rings (SSSR count). The predicted molar refractivity (Wildman–Crippen MR) is 88.9 cm³/mol. The highest BCUT2D eigenvalue weighted by Crippen LogP contribution is 2.27. The first kappa shape index (κ1) is 16.3. The molecule has 5 nitrogen and oxygen atoms in total. The van der Waals surface area contributed by atoms with Crippen LogP contribution in [0.2, 0.25) is 0 Å². The van der Waals surface area contributed by atoms with Crippen LogP contribution in [0, 0.1) is 0 Å². The van der Waals surface area contributed by atoms with Crippen molar-refractivity contribution in [1.82, 2.24) is 9.55 Å². The van der Waals surface area contributed by atoms with E-state index in [1.807, 2.05) is 26.0 Å². The van der Waals surface area contributed by atoms with Crippen LogP contribution in [-0.2, 0) is 16.0 Å². The molecule has 2 atom stereocenters. The molecule has 6 heteroatoms. The van der Waals surface area contributed by atoms with Gasteiger partial charge in [0.25, 0.3) is 0 Å². The van der Waals surface area contributed by atoms with Crippen LogP contribution in [0.3, 0.4) is 0 Å². The van der Waals surface area contributed by atoms with Gasteiger partial charge in [-0.05, 0) is 38.0 Å². The van der Waals surface area contributed by atoms with Gasteiger partial charge in [-0.15, -0.1) is 11.6 Å². The van der Waals surface area contributed by atoms with E-state index in [1.165, 1.54) is 0 Å². The molecule has 0 bridgehead atoms. The van der Waals surface area contributed by atoms with Crippen LogP contribution in [-0.4, -0.2) is 34.8 Å². The van der Waals surface area contributed by atoms with E-state index >= 15 is 0 Å². The zero-order valence-electron chi connectivity index (χ0n) is 13.4. The summed E-state index contributed by atoms with van der Waals surface area (Å²) in [6, 6.07) is 5.43. The lowest BCUT2D eigenvalue weighted by atomic mass is 10.1. The van der Waals surface area contributed by atoms with Crippen molar-refractivity contribution in [3.63, 3.8) is 0 Å². The number of nitrogens with zero attached hydrogens (tertiary/aromatic N) is 2. The minimum atomic E-state index is -0.304. The van der Waals surface area contributed by atoms with Gasteiger partial charge in [0, 0.05) is 6.61 Å². The van der Waals surface area contributed by atoms with Gasteiger partial charge in [-0.3, -0.25) is 0 Å². The molecule has 0 saturated carbocycles. The van der Waals surface area contributed by atoms with Crippen molar-refractivity contribution in [1.29, 1.82) is 0 Å². The molecule has 1 aliphatic heterocycles. The zero-order chi connectivity index (χ0) is 16.4. The number of esters is 1. The van der Waals surface area contributed by atoms with Crippen molar-refractivity contribution < 1.29 is 14.3 Å². The van der Waals surface area contributed by atoms with Gasteiger partial charge in [0.15, 0.2) is 0 Å². The average molecular weight is 337 g/mol. The lowest BCUT2D eigenvalue weighted by Crippen LogP contribution is -2.31. The SMILES string of the molecule is CCCOC(=O)c1ccc2nc(C(C)Cl)n(CC3CCO3)c2c1. The van der Waals surface area contributed by atoms with Gasteiger partial charge in [-0.2, -0.15) is 0 Å². The van der Waals surface area contributed by atoms with Crippen molar-refractivity contribution in [2.75, 3.05) is 13.2 Å². The molecule has 2 unspecified atom stereocenters. The van der Waals surface area contributed by atoms with Crippen LogP contribution < -0.4 is 0 Å². The average Bonchev–Trinajstić information content (AvgIpc) is 2.86. The number of aromatic nitrogens is 2. The molecule has 1 aromatic heterocycles. The van der Waals surface area contributed by atoms with Crippen molar-refractivity contribution in [3.05, 3.63) is 29.6 Å². The molecule has 23 heavy (non-hydrogen) atoms. The quantitative estimate of drug-likeness (QED) is 0.596. The van der Waals surface area contributed by atoms with Gasteiger partial charge in [-0.1, -0.05) is 6.92 Å². The summed E-state index contributed by atoms with van der Waals surface area (Å²) in [7, 11) is 0. The Balaban J connectivity index is 1.97. The van der Waals surface area contributed by atoms with E-state index in [0.29, 0.717) is 18.7 Å². The number of hydrogen-bond acceptors (Lipinski definition) is 4. The maximum absolute atomic E-state index is 12.1. The number of carbonyl (C=O) groups is 1. The Morgan fingerprint density at radius 2 is 2.35 bits per heavy atom. The number of hydrogen-bond donors (Lipinski definition) is 0. The van der Waals surface area contributed by atoms with E-state index in [-0.39, 0.29) is 17.5 Å². The molecule has 0 radical (unpaired) electrons. The molecule has 2 heterocycles. The molecule has 2 aromatic rings. The lowest BCUT2D eigenvalue weighted by molar-refractivity contribution is -0.0590. The minimum absolute atomic E-state index is 0.192. The molecule has 1 aromatic carbocycles. The fraction of sp³-hybridized carbons (Fsp3) is 0.529. The van der Waals surface area contributed by atoms with E-state index in [4.69, 9.17) is 21.1 Å². The third kappa shape index (κ3) is 3.35. The summed E-state index contributed by atoms with van der Waals surface area (Å²) >= 11 is 6.28. The molecule has 0 N–H and O–H groups in total. The number of halogens is 1. The van der Waals surface area contributed by atoms with Crippen LogP contribution >= 0.6 is 11.6 Å². The van der Waals surface area contributed by atoms with E-state index in [9.17, 15) is 4.79 Å². The molecule has 0 amide bonds. The van der Waals surface area contributed by atoms with E-state index in [2.05, 4.69) is 9.55 Å². The Morgan fingerprint density at radius 1 is 1.57 bits per heavy atom. The van der Waals surface area contributed by atoms with Crippen LogP contribution in [0.4, 0.5) is 0 Å². The Labute approximate surface area is 140 Å². The number of imidazole rings is 1. The maximum Gasteiger partial charge on any atom is 0.338 e. The number of fused-ring (bicyclic) bond motifs is 1. The second-order valence-corrected chi connectivity index (χ2v) is 6.47. The summed E-state index contributed by atoms with van der Waals surface area (Å²) in [6.07, 6.45) is 2.03. The number of alkyl halides is 1. The lowest BCUT2D eigenvalue weighted by Gasteiger charge is -2.27.